The van der Waals surface area contributed by atoms with Gasteiger partial charge in [-0.1, -0.05) is 213 Å². The second kappa shape index (κ2) is 52.4. The highest BCUT2D eigenvalue weighted by Crippen LogP contribution is 2.13. The van der Waals surface area contributed by atoms with E-state index >= 15 is 0 Å². The van der Waals surface area contributed by atoms with Crippen LogP contribution in [-0.4, -0.2) is 37.2 Å². The third-order valence-corrected chi connectivity index (χ3v) is 10.6. The zero-order valence-corrected chi connectivity index (χ0v) is 41.7. The van der Waals surface area contributed by atoms with Gasteiger partial charge in [0.05, 0.1) is 0 Å². The van der Waals surface area contributed by atoms with E-state index in [1.807, 2.05) is 48.6 Å². The van der Waals surface area contributed by atoms with Gasteiger partial charge < -0.3 is 14.2 Å². The van der Waals surface area contributed by atoms with Crippen LogP contribution in [0.4, 0.5) is 0 Å². The van der Waals surface area contributed by atoms with Crippen LogP contribution in [0.15, 0.2) is 122 Å². The first-order chi connectivity index (χ1) is 32.0. The molecule has 0 N–H and O–H groups in total. The smallest absolute Gasteiger partial charge is 0.306 e. The molecule has 0 fully saturated rings. The highest BCUT2D eigenvalue weighted by Gasteiger charge is 2.19. The summed E-state index contributed by atoms with van der Waals surface area (Å²) in [6.07, 6.45) is 71.8. The van der Waals surface area contributed by atoms with Crippen molar-refractivity contribution in [1.29, 1.82) is 0 Å². The molecule has 0 aliphatic heterocycles. The monoisotopic (exact) mass is 899 g/mol. The molecule has 0 heterocycles. The first-order valence-corrected chi connectivity index (χ1v) is 26.1. The molecule has 0 aromatic carbocycles. The first-order valence-electron chi connectivity index (χ1n) is 26.1. The normalized spacial score (nSPS) is 13.1. The lowest BCUT2D eigenvalue weighted by Gasteiger charge is -2.18. The largest absolute Gasteiger partial charge is 0.462 e. The van der Waals surface area contributed by atoms with Crippen molar-refractivity contribution in [2.24, 2.45) is 0 Å². The van der Waals surface area contributed by atoms with Gasteiger partial charge in [0.25, 0.3) is 0 Å². The van der Waals surface area contributed by atoms with Crippen molar-refractivity contribution in [2.45, 2.75) is 219 Å². The first kappa shape index (κ1) is 60.8. The number of hydrogen-bond acceptors (Lipinski definition) is 6. The summed E-state index contributed by atoms with van der Waals surface area (Å²) in [4.78, 5) is 38.0. The number of ether oxygens (including phenoxy) is 3. The molecule has 0 saturated heterocycles. The molecule has 0 aliphatic carbocycles. The van der Waals surface area contributed by atoms with E-state index in [0.717, 1.165) is 116 Å². The maximum absolute atomic E-state index is 12.8. The number of rotatable bonds is 45. The summed E-state index contributed by atoms with van der Waals surface area (Å²) in [5.41, 5.74) is 0. The fraction of sp³-hybridized carbons (Fsp3) is 0.610. The predicted molar refractivity (Wildman–Crippen MR) is 279 cm³/mol. The van der Waals surface area contributed by atoms with Gasteiger partial charge in [-0.15, -0.1) is 0 Å². The molecule has 0 saturated carbocycles. The van der Waals surface area contributed by atoms with Gasteiger partial charge in [0.15, 0.2) is 6.10 Å². The van der Waals surface area contributed by atoms with E-state index in [0.29, 0.717) is 19.3 Å². The lowest BCUT2D eigenvalue weighted by atomic mass is 10.1. The van der Waals surface area contributed by atoms with Crippen molar-refractivity contribution in [2.75, 3.05) is 13.2 Å². The summed E-state index contributed by atoms with van der Waals surface area (Å²) < 4.78 is 16.7. The Kier molecular flexibility index (Phi) is 49.1. The Bertz CT molecular complexity index is 1400. The molecule has 6 nitrogen and oxygen atoms in total. The highest BCUT2D eigenvalue weighted by molar-refractivity contribution is 5.71. The maximum atomic E-state index is 12.8. The van der Waals surface area contributed by atoms with E-state index in [2.05, 4.69) is 93.7 Å². The minimum atomic E-state index is -0.816. The van der Waals surface area contributed by atoms with Crippen LogP contribution in [-0.2, 0) is 28.6 Å². The van der Waals surface area contributed by atoms with Crippen LogP contribution in [0.5, 0.6) is 0 Å². The number of carbonyl (C=O) groups excluding carboxylic acids is 3. The lowest BCUT2D eigenvalue weighted by Crippen LogP contribution is -2.30. The number of esters is 3. The van der Waals surface area contributed by atoms with Crippen molar-refractivity contribution in [3.8, 4) is 0 Å². The van der Waals surface area contributed by atoms with Gasteiger partial charge in [0, 0.05) is 19.3 Å². The van der Waals surface area contributed by atoms with Crippen LogP contribution in [0.1, 0.15) is 213 Å². The third-order valence-electron chi connectivity index (χ3n) is 10.6. The Morgan fingerprint density at radius 2 is 0.677 bits per heavy atom. The zero-order valence-electron chi connectivity index (χ0n) is 41.7. The Balaban J connectivity index is 4.55. The average molecular weight is 899 g/mol. The average Bonchev–Trinajstić information content (AvgIpc) is 3.30. The molecule has 0 bridgehead atoms. The zero-order chi connectivity index (χ0) is 47.2. The molecule has 6 heteroatoms. The lowest BCUT2D eigenvalue weighted by molar-refractivity contribution is -0.167. The molecule has 0 aromatic rings. The second-order valence-electron chi connectivity index (χ2n) is 16.8. The molecule has 0 rings (SSSR count). The van der Waals surface area contributed by atoms with E-state index in [9.17, 15) is 14.4 Å². The fourth-order valence-corrected chi connectivity index (χ4v) is 6.68. The summed E-state index contributed by atoms with van der Waals surface area (Å²) in [5, 5.41) is 0. The topological polar surface area (TPSA) is 78.9 Å². The number of carbonyl (C=O) groups is 3. The quantitative estimate of drug-likeness (QED) is 0.0199. The van der Waals surface area contributed by atoms with Crippen LogP contribution in [0.2, 0.25) is 0 Å². The molecular weight excluding hydrogens is 805 g/mol. The Morgan fingerprint density at radius 1 is 0.338 bits per heavy atom. The van der Waals surface area contributed by atoms with Gasteiger partial charge in [-0.3, -0.25) is 14.4 Å². The van der Waals surface area contributed by atoms with Crippen molar-refractivity contribution >= 4 is 17.9 Å². The van der Waals surface area contributed by atoms with Gasteiger partial charge in [0.2, 0.25) is 0 Å². The van der Waals surface area contributed by atoms with Crippen LogP contribution < -0.4 is 0 Å². The summed E-state index contributed by atoms with van der Waals surface area (Å²) >= 11 is 0. The minimum Gasteiger partial charge on any atom is -0.462 e. The van der Waals surface area contributed by atoms with E-state index in [4.69, 9.17) is 14.2 Å². The molecule has 0 radical (unpaired) electrons. The number of hydrogen-bond donors (Lipinski definition) is 0. The fourth-order valence-electron chi connectivity index (χ4n) is 6.68. The standard InChI is InChI=1S/C59H94O6/c1-4-7-10-13-16-19-22-25-28-31-34-37-40-43-46-49-52-58(61)64-55-56(54-63-57(60)51-48-45-42-39-36-33-30-27-24-21-18-15-12-9-6-3)65-59(62)53-50-47-44-41-38-35-32-29-26-23-20-17-14-11-8-5-2/h7,9-10,12,15-16,18-19,21,24-25,27-30,32-34,36-37,56H,4-6,8,11,13-14,17,20,22-23,26,31,35,38-55H2,1-3H3/b10-7-,12-9-,18-15-,19-16-,24-21-,28-25-,30-27-,32-29-,36-33-,37-34-. The molecular formula is C59H94O6. The summed E-state index contributed by atoms with van der Waals surface area (Å²) in [7, 11) is 0. The summed E-state index contributed by atoms with van der Waals surface area (Å²) in [6.45, 7) is 6.29. The van der Waals surface area contributed by atoms with E-state index in [1.54, 1.807) is 0 Å². The van der Waals surface area contributed by atoms with Gasteiger partial charge in [-0.2, -0.15) is 0 Å². The molecule has 0 spiro atoms. The second-order valence-corrected chi connectivity index (χ2v) is 16.8. The van der Waals surface area contributed by atoms with E-state index in [-0.39, 0.29) is 31.1 Å². The molecule has 0 amide bonds. The molecule has 1 atom stereocenters. The van der Waals surface area contributed by atoms with Gasteiger partial charge in [-0.25, -0.2) is 0 Å². The van der Waals surface area contributed by atoms with Crippen molar-refractivity contribution in [1.82, 2.24) is 0 Å². The number of allylic oxidation sites excluding steroid dienone is 20. The van der Waals surface area contributed by atoms with Crippen LogP contribution in [0.3, 0.4) is 0 Å². The maximum Gasteiger partial charge on any atom is 0.306 e. The summed E-state index contributed by atoms with van der Waals surface area (Å²) in [6, 6.07) is 0. The molecule has 65 heavy (non-hydrogen) atoms. The van der Waals surface area contributed by atoms with Gasteiger partial charge in [0.1, 0.15) is 13.2 Å². The van der Waals surface area contributed by atoms with E-state index < -0.39 is 6.10 Å². The molecule has 366 valence electrons. The predicted octanol–water partition coefficient (Wildman–Crippen LogP) is 17.3. The van der Waals surface area contributed by atoms with Gasteiger partial charge in [-0.05, 0) is 103 Å². The molecule has 0 aromatic heterocycles. The highest BCUT2D eigenvalue weighted by atomic mass is 16.6. The van der Waals surface area contributed by atoms with E-state index in [1.165, 1.54) is 57.8 Å². The summed E-state index contributed by atoms with van der Waals surface area (Å²) in [5.74, 6) is -1.00. The number of unbranched alkanes of at least 4 members (excludes halogenated alkanes) is 18. The molecule has 1 unspecified atom stereocenters. The third kappa shape index (κ3) is 50.7. The Labute approximate surface area is 399 Å². The Hall–Kier alpha value is -4.19. The minimum absolute atomic E-state index is 0.115. The van der Waals surface area contributed by atoms with Crippen molar-refractivity contribution < 1.29 is 28.6 Å². The van der Waals surface area contributed by atoms with Crippen LogP contribution in [0, 0.1) is 0 Å². The SMILES string of the molecule is CC\C=C/C=C\C=C/C=C\C=C/CCCCCC(=O)OCC(COC(=O)CCCCC/C=C\C/C=C\C/C=C\C/C=C\CC)OC(=O)CCCCCCC/C=C\CCCCCCCCC. The Morgan fingerprint density at radius 3 is 1.15 bits per heavy atom. The van der Waals surface area contributed by atoms with Gasteiger partial charge >= 0.3 is 17.9 Å². The van der Waals surface area contributed by atoms with Crippen LogP contribution >= 0.6 is 0 Å². The van der Waals surface area contributed by atoms with Crippen molar-refractivity contribution in [3.05, 3.63) is 122 Å². The molecule has 0 aliphatic rings. The van der Waals surface area contributed by atoms with Crippen molar-refractivity contribution in [3.63, 3.8) is 0 Å². The van der Waals surface area contributed by atoms with Crippen LogP contribution in [0.25, 0.3) is 0 Å².